The number of nitrogens with one attached hydrogen (secondary N) is 2. The number of hydrogen-bond donors (Lipinski definition) is 6. The standard InChI is InChI=1S/C13H18N4O5/c14-11(22)5-16-17-13-12-6(1-7(18)3-9(12)20)2-8(19)10(21)4-15-13/h1,5,8-10,15,17,19-21H,2-4H2,(H2,14,22)/b13-12?,16-5+. The van der Waals surface area contributed by atoms with Gasteiger partial charge in [-0.3, -0.25) is 15.0 Å². The van der Waals surface area contributed by atoms with E-state index < -0.39 is 24.2 Å². The average Bonchev–Trinajstić information content (AvgIpc) is 2.41. The number of fused-ring (bicyclic) bond motifs is 1. The summed E-state index contributed by atoms with van der Waals surface area (Å²) in [4.78, 5) is 22.3. The van der Waals surface area contributed by atoms with Crippen LogP contribution in [0.3, 0.4) is 0 Å². The van der Waals surface area contributed by atoms with Crippen molar-refractivity contribution in [1.82, 2.24) is 10.7 Å². The van der Waals surface area contributed by atoms with Gasteiger partial charge in [-0.05, 0) is 11.6 Å². The van der Waals surface area contributed by atoms with E-state index in [-0.39, 0.29) is 31.0 Å². The number of hydrazone groups is 1. The summed E-state index contributed by atoms with van der Waals surface area (Å²) in [5.74, 6) is -0.780. The maximum Gasteiger partial charge on any atom is 0.261 e. The molecule has 1 amide bonds. The topological polar surface area (TPSA) is 157 Å². The minimum Gasteiger partial charge on any atom is -0.390 e. The van der Waals surface area contributed by atoms with E-state index in [1.165, 1.54) is 6.08 Å². The summed E-state index contributed by atoms with van der Waals surface area (Å²) in [6.45, 7) is 0.00698. The van der Waals surface area contributed by atoms with Gasteiger partial charge in [0.15, 0.2) is 5.78 Å². The van der Waals surface area contributed by atoms with E-state index in [4.69, 9.17) is 5.73 Å². The molecular weight excluding hydrogens is 292 g/mol. The third-order valence-corrected chi connectivity index (χ3v) is 3.41. The summed E-state index contributed by atoms with van der Waals surface area (Å²) in [5, 5.41) is 36.2. The molecule has 2 rings (SSSR count). The van der Waals surface area contributed by atoms with E-state index in [2.05, 4.69) is 15.8 Å². The van der Waals surface area contributed by atoms with E-state index in [9.17, 15) is 24.9 Å². The molecule has 2 aliphatic rings. The highest BCUT2D eigenvalue weighted by Gasteiger charge is 2.32. The molecule has 0 fully saturated rings. The van der Waals surface area contributed by atoms with E-state index in [1.54, 1.807) is 0 Å². The SMILES string of the molecule is NC(=O)/C=N/NC1=C2C(=CC(=O)CC2O)CC(O)C(O)CN1. The highest BCUT2D eigenvalue weighted by atomic mass is 16.3. The number of ketones is 1. The molecule has 0 aromatic rings. The zero-order valence-electron chi connectivity index (χ0n) is 11.7. The van der Waals surface area contributed by atoms with Crippen molar-refractivity contribution in [3.63, 3.8) is 0 Å². The maximum absolute atomic E-state index is 11.6. The minimum absolute atomic E-state index is 0.00698. The molecule has 0 saturated carbocycles. The fourth-order valence-corrected chi connectivity index (χ4v) is 2.39. The number of aliphatic hydroxyl groups is 3. The van der Waals surface area contributed by atoms with E-state index in [0.717, 1.165) is 6.21 Å². The summed E-state index contributed by atoms with van der Waals surface area (Å²) < 4.78 is 0. The van der Waals surface area contributed by atoms with Gasteiger partial charge in [0.1, 0.15) is 12.0 Å². The van der Waals surface area contributed by atoms with Crippen LogP contribution in [0.5, 0.6) is 0 Å². The van der Waals surface area contributed by atoms with Crippen LogP contribution in [0.1, 0.15) is 12.8 Å². The zero-order valence-corrected chi connectivity index (χ0v) is 11.7. The Morgan fingerprint density at radius 3 is 2.77 bits per heavy atom. The Balaban J connectivity index is 2.39. The number of β-amino-alcohol motifs (C(OH)–C–C–N with tert-alkyl or cyclic N) is 1. The van der Waals surface area contributed by atoms with E-state index in [1.807, 2.05) is 0 Å². The lowest BCUT2D eigenvalue weighted by molar-refractivity contribution is -0.116. The monoisotopic (exact) mass is 310 g/mol. The molecule has 7 N–H and O–H groups in total. The third kappa shape index (κ3) is 3.70. The zero-order chi connectivity index (χ0) is 16.3. The second kappa shape index (κ2) is 6.69. The van der Waals surface area contributed by atoms with E-state index >= 15 is 0 Å². The molecule has 0 aromatic heterocycles. The van der Waals surface area contributed by atoms with Crippen molar-refractivity contribution in [3.05, 3.63) is 23.0 Å². The van der Waals surface area contributed by atoms with Crippen LogP contribution in [-0.2, 0) is 9.59 Å². The molecule has 3 atom stereocenters. The van der Waals surface area contributed by atoms with Gasteiger partial charge in [0.05, 0.1) is 18.3 Å². The highest BCUT2D eigenvalue weighted by molar-refractivity contribution is 6.25. The normalized spacial score (nSPS) is 29.3. The molecule has 0 radical (unpaired) electrons. The summed E-state index contributed by atoms with van der Waals surface area (Å²) in [5.41, 5.74) is 8.24. The Labute approximate surface area is 126 Å². The first kappa shape index (κ1) is 16.1. The minimum atomic E-state index is -1.08. The predicted octanol–water partition coefficient (Wildman–Crippen LogP) is -2.77. The van der Waals surface area contributed by atoms with Gasteiger partial charge >= 0.3 is 0 Å². The van der Waals surface area contributed by atoms with Gasteiger partial charge in [0, 0.05) is 25.0 Å². The third-order valence-electron chi connectivity index (χ3n) is 3.41. The lowest BCUT2D eigenvalue weighted by Crippen LogP contribution is -2.43. The Kier molecular flexibility index (Phi) is 4.91. The largest absolute Gasteiger partial charge is 0.390 e. The van der Waals surface area contributed by atoms with Gasteiger partial charge < -0.3 is 26.4 Å². The van der Waals surface area contributed by atoms with Gasteiger partial charge in [-0.2, -0.15) is 5.10 Å². The summed E-state index contributed by atoms with van der Waals surface area (Å²) in [7, 11) is 0. The van der Waals surface area contributed by atoms with Crippen LogP contribution >= 0.6 is 0 Å². The lowest BCUT2D eigenvalue weighted by atomic mass is 9.85. The fourth-order valence-electron chi connectivity index (χ4n) is 2.39. The molecule has 22 heavy (non-hydrogen) atoms. The Bertz CT molecular complexity index is 569. The van der Waals surface area contributed by atoms with Crippen molar-refractivity contribution in [2.75, 3.05) is 6.54 Å². The number of nitrogens with zero attached hydrogens (tertiary/aromatic N) is 1. The maximum atomic E-state index is 11.6. The highest BCUT2D eigenvalue weighted by Crippen LogP contribution is 2.29. The van der Waals surface area contributed by atoms with Crippen molar-refractivity contribution in [1.29, 1.82) is 0 Å². The average molecular weight is 310 g/mol. The number of aliphatic hydroxyl groups excluding tert-OH is 3. The molecular formula is C13H18N4O5. The van der Waals surface area contributed by atoms with Gasteiger partial charge in [0.25, 0.3) is 5.91 Å². The number of nitrogens with two attached hydrogens (primary N) is 1. The second-order valence-electron chi connectivity index (χ2n) is 5.14. The summed E-state index contributed by atoms with van der Waals surface area (Å²) in [6, 6.07) is 0. The lowest BCUT2D eigenvalue weighted by Gasteiger charge is -2.31. The van der Waals surface area contributed by atoms with Crippen molar-refractivity contribution in [2.45, 2.75) is 31.2 Å². The summed E-state index contributed by atoms with van der Waals surface area (Å²) in [6.07, 6.45) is -1.10. The first-order valence-electron chi connectivity index (χ1n) is 6.73. The Hall–Kier alpha value is -2.23. The molecule has 1 heterocycles. The van der Waals surface area contributed by atoms with Crippen LogP contribution in [-0.4, -0.2) is 58.1 Å². The van der Waals surface area contributed by atoms with Crippen LogP contribution < -0.4 is 16.5 Å². The Morgan fingerprint density at radius 1 is 1.36 bits per heavy atom. The van der Waals surface area contributed by atoms with Crippen molar-refractivity contribution < 1.29 is 24.9 Å². The van der Waals surface area contributed by atoms with Gasteiger partial charge in [-0.1, -0.05) is 0 Å². The van der Waals surface area contributed by atoms with Crippen molar-refractivity contribution >= 4 is 17.9 Å². The molecule has 9 heteroatoms. The van der Waals surface area contributed by atoms with E-state index in [0.29, 0.717) is 11.1 Å². The number of amides is 1. The molecule has 3 unspecified atom stereocenters. The van der Waals surface area contributed by atoms with Crippen LogP contribution in [0.2, 0.25) is 0 Å². The van der Waals surface area contributed by atoms with Crippen LogP contribution in [0.15, 0.2) is 28.1 Å². The molecule has 0 spiro atoms. The molecule has 0 aromatic carbocycles. The molecule has 0 bridgehead atoms. The van der Waals surface area contributed by atoms with Crippen molar-refractivity contribution in [2.24, 2.45) is 10.8 Å². The van der Waals surface area contributed by atoms with Gasteiger partial charge in [0.2, 0.25) is 0 Å². The summed E-state index contributed by atoms with van der Waals surface area (Å²) >= 11 is 0. The van der Waals surface area contributed by atoms with Gasteiger partial charge in [-0.15, -0.1) is 0 Å². The molecule has 120 valence electrons. The van der Waals surface area contributed by atoms with Crippen LogP contribution in [0.4, 0.5) is 0 Å². The smallest absolute Gasteiger partial charge is 0.261 e. The first-order valence-corrected chi connectivity index (χ1v) is 6.73. The number of primary amides is 1. The quantitative estimate of drug-likeness (QED) is 0.243. The fraction of sp³-hybridized carbons (Fsp3) is 0.462. The van der Waals surface area contributed by atoms with Gasteiger partial charge in [-0.25, -0.2) is 0 Å². The predicted molar refractivity (Wildman–Crippen MR) is 76.2 cm³/mol. The molecule has 1 aliphatic heterocycles. The second-order valence-corrected chi connectivity index (χ2v) is 5.14. The molecule has 9 nitrogen and oxygen atoms in total. The van der Waals surface area contributed by atoms with Crippen LogP contribution in [0, 0.1) is 0 Å². The van der Waals surface area contributed by atoms with Crippen LogP contribution in [0.25, 0.3) is 0 Å². The number of carbonyl (C=O) groups is 2. The molecule has 1 aliphatic carbocycles. The first-order chi connectivity index (χ1) is 10.4. The number of hydrogen-bond acceptors (Lipinski definition) is 8. The number of carbonyl (C=O) groups excluding carboxylic acids is 2. The number of allylic oxidation sites excluding steroid dienone is 1. The molecule has 0 saturated heterocycles. The number of rotatable bonds is 3. The Morgan fingerprint density at radius 2 is 2.09 bits per heavy atom. The van der Waals surface area contributed by atoms with Crippen molar-refractivity contribution in [3.8, 4) is 0 Å².